The predicted octanol–water partition coefficient (Wildman–Crippen LogP) is 3.88. The molecule has 3 rings (SSSR count). The Kier molecular flexibility index (Phi) is 6.05. The number of fused-ring (bicyclic) bond motifs is 1. The highest BCUT2D eigenvalue weighted by molar-refractivity contribution is 8.00. The maximum absolute atomic E-state index is 12.9. The molecule has 0 saturated heterocycles. The second-order valence-corrected chi connectivity index (χ2v) is 8.37. The number of quaternary nitrogens is 1. The van der Waals surface area contributed by atoms with E-state index in [1.54, 1.807) is 0 Å². The molecule has 132 valence electrons. The van der Waals surface area contributed by atoms with E-state index < -0.39 is 0 Å². The number of hydrogen-bond donors (Lipinski definition) is 1. The van der Waals surface area contributed by atoms with Gasteiger partial charge in [0, 0.05) is 27.3 Å². The molecule has 2 atom stereocenters. The maximum Gasteiger partial charge on any atom is 0.282 e. The number of carbonyl (C=O) groups is 1. The Balaban J connectivity index is 1.70. The van der Waals surface area contributed by atoms with E-state index in [-0.39, 0.29) is 11.9 Å². The minimum Gasteiger partial charge on any atom is -0.332 e. The predicted molar refractivity (Wildman–Crippen MR) is 105 cm³/mol. The molecular formula is C20H24ClN2OS+. The molecule has 1 heterocycles. The lowest BCUT2D eigenvalue weighted by Crippen LogP contribution is -2.87. The number of nitrogens with two attached hydrogens (primary N) is 1. The highest BCUT2D eigenvalue weighted by atomic mass is 35.5. The van der Waals surface area contributed by atoms with Crippen LogP contribution in [-0.4, -0.2) is 24.2 Å². The van der Waals surface area contributed by atoms with Crippen molar-refractivity contribution >= 4 is 35.0 Å². The molecule has 0 aliphatic carbocycles. The highest BCUT2D eigenvalue weighted by Gasteiger charge is 2.25. The summed E-state index contributed by atoms with van der Waals surface area (Å²) in [6, 6.07) is 16.2. The van der Waals surface area contributed by atoms with E-state index >= 15 is 0 Å². The van der Waals surface area contributed by atoms with Gasteiger partial charge in [0.2, 0.25) is 0 Å². The SMILES string of the molecule is C[C@H]1CCN(C(=O)C[NH2+][C@H](C)c2ccccc2Cl)c2ccccc2S1. The first kappa shape index (κ1) is 18.3. The van der Waals surface area contributed by atoms with Crippen LogP contribution in [0.4, 0.5) is 5.69 Å². The number of hydrogen-bond acceptors (Lipinski definition) is 2. The van der Waals surface area contributed by atoms with Gasteiger partial charge in [-0.1, -0.05) is 48.9 Å². The molecule has 1 aliphatic rings. The minimum absolute atomic E-state index is 0.146. The molecule has 0 saturated carbocycles. The number of halogens is 1. The summed E-state index contributed by atoms with van der Waals surface area (Å²) < 4.78 is 0. The number of nitrogens with zero attached hydrogens (tertiary/aromatic N) is 1. The van der Waals surface area contributed by atoms with Crippen LogP contribution in [0, 0.1) is 0 Å². The fourth-order valence-electron chi connectivity index (χ4n) is 3.11. The number of rotatable bonds is 4. The zero-order valence-electron chi connectivity index (χ0n) is 14.6. The third kappa shape index (κ3) is 4.38. The number of carbonyl (C=O) groups excluding carboxylic acids is 1. The van der Waals surface area contributed by atoms with Gasteiger partial charge in [-0.05, 0) is 31.5 Å². The summed E-state index contributed by atoms with van der Waals surface area (Å²) in [6.07, 6.45) is 1.01. The molecule has 0 aromatic heterocycles. The Morgan fingerprint density at radius 1 is 1.28 bits per heavy atom. The smallest absolute Gasteiger partial charge is 0.282 e. The fraction of sp³-hybridized carbons (Fsp3) is 0.350. The summed E-state index contributed by atoms with van der Waals surface area (Å²) in [5, 5.41) is 3.34. The quantitative estimate of drug-likeness (QED) is 0.880. The van der Waals surface area contributed by atoms with Crippen LogP contribution in [0.25, 0.3) is 0 Å². The van der Waals surface area contributed by atoms with Crippen molar-refractivity contribution in [3.05, 3.63) is 59.1 Å². The first-order chi connectivity index (χ1) is 12.1. The summed E-state index contributed by atoms with van der Waals surface area (Å²) >= 11 is 8.13. The van der Waals surface area contributed by atoms with Gasteiger partial charge < -0.3 is 10.2 Å². The van der Waals surface area contributed by atoms with Crippen molar-refractivity contribution in [2.75, 3.05) is 18.0 Å². The Morgan fingerprint density at radius 3 is 2.80 bits per heavy atom. The first-order valence-electron chi connectivity index (χ1n) is 8.70. The van der Waals surface area contributed by atoms with Gasteiger partial charge in [0.25, 0.3) is 5.91 Å². The minimum atomic E-state index is 0.146. The van der Waals surface area contributed by atoms with Crippen LogP contribution in [0.5, 0.6) is 0 Å². The molecule has 5 heteroatoms. The molecule has 0 fully saturated rings. The largest absolute Gasteiger partial charge is 0.332 e. The summed E-state index contributed by atoms with van der Waals surface area (Å²) in [4.78, 5) is 16.0. The molecule has 2 aromatic rings. The summed E-state index contributed by atoms with van der Waals surface area (Å²) in [6.45, 7) is 5.50. The number of anilines is 1. The average Bonchev–Trinajstić information content (AvgIpc) is 2.78. The topological polar surface area (TPSA) is 36.9 Å². The number of para-hydroxylation sites is 1. The third-order valence-corrected chi connectivity index (χ3v) is 6.17. The van der Waals surface area contributed by atoms with Crippen molar-refractivity contribution < 1.29 is 10.1 Å². The molecule has 3 nitrogen and oxygen atoms in total. The van der Waals surface area contributed by atoms with Gasteiger partial charge in [-0.25, -0.2) is 0 Å². The number of thioether (sulfide) groups is 1. The van der Waals surface area contributed by atoms with E-state index in [0.29, 0.717) is 11.8 Å². The van der Waals surface area contributed by atoms with Gasteiger partial charge in [0.1, 0.15) is 6.04 Å². The van der Waals surface area contributed by atoms with E-state index in [1.165, 1.54) is 4.90 Å². The van der Waals surface area contributed by atoms with Crippen LogP contribution in [0.1, 0.15) is 31.9 Å². The number of benzene rings is 2. The molecule has 2 aromatic carbocycles. The Bertz CT molecular complexity index is 752. The molecule has 0 radical (unpaired) electrons. The maximum atomic E-state index is 12.9. The van der Waals surface area contributed by atoms with E-state index in [9.17, 15) is 4.79 Å². The molecule has 25 heavy (non-hydrogen) atoms. The summed E-state index contributed by atoms with van der Waals surface area (Å²) in [7, 11) is 0. The normalized spacial score (nSPS) is 18.4. The van der Waals surface area contributed by atoms with Crippen molar-refractivity contribution in [3.63, 3.8) is 0 Å². The monoisotopic (exact) mass is 375 g/mol. The lowest BCUT2D eigenvalue weighted by molar-refractivity contribution is -0.682. The highest BCUT2D eigenvalue weighted by Crippen LogP contribution is 2.37. The Labute approximate surface area is 158 Å². The van der Waals surface area contributed by atoms with Gasteiger partial charge in [-0.3, -0.25) is 4.79 Å². The molecule has 1 amide bonds. The van der Waals surface area contributed by atoms with Crippen molar-refractivity contribution in [1.82, 2.24) is 0 Å². The van der Waals surface area contributed by atoms with Crippen LogP contribution < -0.4 is 10.2 Å². The first-order valence-corrected chi connectivity index (χ1v) is 9.96. The molecular weight excluding hydrogens is 352 g/mol. The zero-order valence-corrected chi connectivity index (χ0v) is 16.2. The average molecular weight is 376 g/mol. The fourth-order valence-corrected chi connectivity index (χ4v) is 4.53. The van der Waals surface area contributed by atoms with E-state index in [1.807, 2.05) is 53.1 Å². The molecule has 0 bridgehead atoms. The lowest BCUT2D eigenvalue weighted by Gasteiger charge is -2.22. The Morgan fingerprint density at radius 2 is 2.00 bits per heavy atom. The van der Waals surface area contributed by atoms with Gasteiger partial charge in [0.05, 0.1) is 5.69 Å². The van der Waals surface area contributed by atoms with Crippen molar-refractivity contribution in [3.8, 4) is 0 Å². The third-order valence-electron chi connectivity index (χ3n) is 4.59. The van der Waals surface area contributed by atoms with Crippen LogP contribution in [0.2, 0.25) is 5.02 Å². The van der Waals surface area contributed by atoms with Crippen molar-refractivity contribution in [1.29, 1.82) is 0 Å². The second kappa shape index (κ2) is 8.26. The van der Waals surface area contributed by atoms with Crippen molar-refractivity contribution in [2.45, 2.75) is 36.5 Å². The lowest BCUT2D eigenvalue weighted by atomic mass is 10.1. The molecule has 0 spiro atoms. The zero-order chi connectivity index (χ0) is 17.8. The van der Waals surface area contributed by atoms with Crippen LogP contribution in [-0.2, 0) is 4.79 Å². The molecule has 2 N–H and O–H groups in total. The standard InChI is InChI=1S/C20H23ClN2OS/c1-14-11-12-23(18-9-5-6-10-19(18)25-14)20(24)13-22-15(2)16-7-3-4-8-17(16)21/h3-10,14-15,22H,11-13H2,1-2H3/p+1/t14-,15+/m0/s1. The van der Waals surface area contributed by atoms with Gasteiger partial charge in [-0.15, -0.1) is 11.8 Å². The Hall–Kier alpha value is -1.49. The van der Waals surface area contributed by atoms with E-state index in [2.05, 4.69) is 31.3 Å². The van der Waals surface area contributed by atoms with Crippen molar-refractivity contribution in [2.24, 2.45) is 0 Å². The van der Waals surface area contributed by atoms with Crippen LogP contribution >= 0.6 is 23.4 Å². The van der Waals surface area contributed by atoms with E-state index in [4.69, 9.17) is 11.6 Å². The molecule has 0 unspecified atom stereocenters. The summed E-state index contributed by atoms with van der Waals surface area (Å²) in [5.41, 5.74) is 2.11. The summed E-state index contributed by atoms with van der Waals surface area (Å²) in [5.74, 6) is 0.154. The van der Waals surface area contributed by atoms with Gasteiger partial charge in [0.15, 0.2) is 6.54 Å². The molecule has 1 aliphatic heterocycles. The second-order valence-electron chi connectivity index (χ2n) is 6.48. The van der Waals surface area contributed by atoms with E-state index in [0.717, 1.165) is 29.2 Å². The van der Waals surface area contributed by atoms with Crippen LogP contribution in [0.15, 0.2) is 53.4 Å². The number of amides is 1. The van der Waals surface area contributed by atoms with Gasteiger partial charge in [-0.2, -0.15) is 0 Å². The van der Waals surface area contributed by atoms with Gasteiger partial charge >= 0.3 is 0 Å². The van der Waals surface area contributed by atoms with Crippen LogP contribution in [0.3, 0.4) is 0 Å².